The van der Waals surface area contributed by atoms with Crippen LogP contribution in [0.3, 0.4) is 0 Å². The minimum Gasteiger partial charge on any atom is -0.492 e. The molecule has 0 spiro atoms. The lowest BCUT2D eigenvalue weighted by molar-refractivity contribution is 0.142. The lowest BCUT2D eigenvalue weighted by Gasteiger charge is -2.39. The Hall–Kier alpha value is -2.63. The van der Waals surface area contributed by atoms with Crippen molar-refractivity contribution in [2.24, 2.45) is 21.7 Å². The zero-order chi connectivity index (χ0) is 18.8. The number of allylic oxidation sites excluding steroid dienone is 1. The molecule has 6 heteroatoms. The van der Waals surface area contributed by atoms with Crippen LogP contribution in [-0.2, 0) is 0 Å². The van der Waals surface area contributed by atoms with Crippen LogP contribution < -0.4 is 5.32 Å². The summed E-state index contributed by atoms with van der Waals surface area (Å²) in [5, 5.41) is 13.9. The van der Waals surface area contributed by atoms with Crippen LogP contribution in [0.15, 0.2) is 23.3 Å². The average Bonchev–Trinajstić information content (AvgIpc) is 3.30. The Bertz CT molecular complexity index is 973. The molecule has 1 aliphatic heterocycles. The van der Waals surface area contributed by atoms with Gasteiger partial charge in [0.25, 0.3) is 0 Å². The van der Waals surface area contributed by atoms with Gasteiger partial charge in [0.1, 0.15) is 5.69 Å². The second kappa shape index (κ2) is 5.44. The Kier molecular flexibility index (Phi) is 3.33. The lowest BCUT2D eigenvalue weighted by Crippen LogP contribution is -2.40. The van der Waals surface area contributed by atoms with E-state index >= 15 is 0 Å². The number of hydrogen-bond donors (Lipinski definition) is 3. The van der Waals surface area contributed by atoms with E-state index in [-0.39, 0.29) is 11.3 Å². The lowest BCUT2D eigenvalue weighted by atomic mass is 9.69. The molecule has 3 aliphatic rings. The standard InChI is InChI=1S/C21H25N5O/c1-20(2)13-6-7-21(20,3)16(10-13)25-19-24-15(18(27)26-19)9-12-11-23-17-14(12)5-4-8-22-17/h4-5,8-9,11,13,16,27H,6-7,10H2,1-3H3,(H2,24,25,26)/b12-9+/t13-,16-,21-/m1/s1. The molecular weight excluding hydrogens is 338 g/mol. The van der Waals surface area contributed by atoms with Crippen LogP contribution in [0.5, 0.6) is 5.88 Å². The number of hydrogen-bond acceptors (Lipinski definition) is 5. The molecule has 2 bridgehead atoms. The van der Waals surface area contributed by atoms with E-state index < -0.39 is 0 Å². The molecule has 5 rings (SSSR count). The number of aliphatic imine (C=N–C) groups is 1. The SMILES string of the molecule is CC1(C)[C@@H]2CC[C@]1(C)[C@H](Nc1nc(O)c(/C=C3\C=Nc4ncccc43)[nH]1)C2. The van der Waals surface area contributed by atoms with Gasteiger partial charge < -0.3 is 15.4 Å². The number of aromatic amines is 1. The van der Waals surface area contributed by atoms with E-state index in [1.54, 1.807) is 12.4 Å². The largest absolute Gasteiger partial charge is 0.492 e. The summed E-state index contributed by atoms with van der Waals surface area (Å²) in [6.45, 7) is 7.18. The van der Waals surface area contributed by atoms with Crippen molar-refractivity contribution in [3.05, 3.63) is 29.6 Å². The molecule has 2 fully saturated rings. The number of pyridine rings is 1. The Balaban J connectivity index is 1.41. The van der Waals surface area contributed by atoms with Gasteiger partial charge in [-0.05, 0) is 54.2 Å². The average molecular weight is 363 g/mol. The molecule has 0 amide bonds. The normalized spacial score (nSPS) is 31.6. The molecule has 0 unspecified atom stereocenters. The number of rotatable bonds is 3. The predicted octanol–water partition coefficient (Wildman–Crippen LogP) is 4.39. The Morgan fingerprint density at radius 3 is 2.93 bits per heavy atom. The highest BCUT2D eigenvalue weighted by Crippen LogP contribution is 2.65. The van der Waals surface area contributed by atoms with Crippen molar-refractivity contribution in [2.75, 3.05) is 5.32 Å². The first kappa shape index (κ1) is 16.5. The maximum absolute atomic E-state index is 10.3. The molecule has 0 saturated heterocycles. The molecule has 0 radical (unpaired) electrons. The summed E-state index contributed by atoms with van der Waals surface area (Å²) in [5.41, 5.74) is 3.05. The zero-order valence-electron chi connectivity index (χ0n) is 16.0. The summed E-state index contributed by atoms with van der Waals surface area (Å²) in [7, 11) is 0. The van der Waals surface area contributed by atoms with Gasteiger partial charge in [-0.1, -0.05) is 20.8 Å². The quantitative estimate of drug-likeness (QED) is 0.755. The first-order valence-corrected chi connectivity index (χ1v) is 9.65. The smallest absolute Gasteiger partial charge is 0.238 e. The van der Waals surface area contributed by atoms with Crippen LogP contribution in [0.2, 0.25) is 0 Å². The van der Waals surface area contributed by atoms with Gasteiger partial charge in [-0.2, -0.15) is 4.98 Å². The van der Waals surface area contributed by atoms with Crippen molar-refractivity contribution in [3.8, 4) is 5.88 Å². The third-order valence-electron chi connectivity index (χ3n) is 7.54. The Labute approximate surface area is 158 Å². The van der Waals surface area contributed by atoms with Crippen LogP contribution in [0.4, 0.5) is 11.8 Å². The number of aromatic hydroxyl groups is 1. The number of nitrogens with one attached hydrogen (secondary N) is 2. The third-order valence-corrected chi connectivity index (χ3v) is 7.54. The molecule has 3 N–H and O–H groups in total. The molecular formula is C21H25N5O. The molecule has 0 aromatic carbocycles. The fourth-order valence-electron chi connectivity index (χ4n) is 5.33. The minimum atomic E-state index is 0.00306. The van der Waals surface area contributed by atoms with Crippen molar-refractivity contribution >= 4 is 29.6 Å². The van der Waals surface area contributed by atoms with Crippen LogP contribution in [0, 0.1) is 16.7 Å². The van der Waals surface area contributed by atoms with Crippen molar-refractivity contribution in [2.45, 2.75) is 46.1 Å². The summed E-state index contributed by atoms with van der Waals surface area (Å²) >= 11 is 0. The van der Waals surface area contributed by atoms with Gasteiger partial charge in [-0.25, -0.2) is 9.98 Å². The van der Waals surface area contributed by atoms with Gasteiger partial charge in [0, 0.05) is 29.6 Å². The van der Waals surface area contributed by atoms with Crippen molar-refractivity contribution in [1.82, 2.24) is 15.0 Å². The van der Waals surface area contributed by atoms with Gasteiger partial charge in [0.15, 0.2) is 5.82 Å². The molecule has 2 aromatic rings. The van der Waals surface area contributed by atoms with E-state index in [0.29, 0.717) is 28.9 Å². The zero-order valence-corrected chi connectivity index (χ0v) is 16.0. The highest BCUT2D eigenvalue weighted by atomic mass is 16.3. The van der Waals surface area contributed by atoms with Crippen molar-refractivity contribution in [3.63, 3.8) is 0 Å². The Morgan fingerprint density at radius 2 is 2.19 bits per heavy atom. The van der Waals surface area contributed by atoms with E-state index in [4.69, 9.17) is 0 Å². The van der Waals surface area contributed by atoms with Gasteiger partial charge in [-0.3, -0.25) is 0 Å². The molecule has 140 valence electrons. The predicted molar refractivity (Wildman–Crippen MR) is 107 cm³/mol. The minimum absolute atomic E-state index is 0.00306. The van der Waals surface area contributed by atoms with Crippen LogP contribution in [0.25, 0.3) is 11.6 Å². The second-order valence-electron chi connectivity index (χ2n) is 8.86. The molecule has 3 atom stereocenters. The van der Waals surface area contributed by atoms with E-state index in [1.165, 1.54) is 12.8 Å². The molecule has 3 heterocycles. The summed E-state index contributed by atoms with van der Waals surface area (Å²) in [5.74, 6) is 2.10. The number of anilines is 1. The fourth-order valence-corrected chi connectivity index (χ4v) is 5.33. The maximum Gasteiger partial charge on any atom is 0.238 e. The highest BCUT2D eigenvalue weighted by Gasteiger charge is 2.61. The monoisotopic (exact) mass is 363 g/mol. The molecule has 2 aliphatic carbocycles. The molecule has 2 aromatic heterocycles. The van der Waals surface area contributed by atoms with Crippen LogP contribution in [0.1, 0.15) is 51.3 Å². The molecule has 2 saturated carbocycles. The first-order chi connectivity index (χ1) is 12.9. The molecule has 27 heavy (non-hydrogen) atoms. The van der Waals surface area contributed by atoms with Gasteiger partial charge in [0.2, 0.25) is 11.8 Å². The number of fused-ring (bicyclic) bond motifs is 3. The van der Waals surface area contributed by atoms with E-state index in [9.17, 15) is 5.11 Å². The third kappa shape index (κ3) is 2.28. The highest BCUT2D eigenvalue weighted by molar-refractivity contribution is 6.20. The van der Waals surface area contributed by atoms with Crippen molar-refractivity contribution < 1.29 is 5.11 Å². The van der Waals surface area contributed by atoms with E-state index in [1.807, 2.05) is 18.2 Å². The van der Waals surface area contributed by atoms with E-state index in [2.05, 4.69) is 46.0 Å². The topological polar surface area (TPSA) is 86.2 Å². The van der Waals surface area contributed by atoms with Gasteiger partial charge in [0.05, 0.1) is 0 Å². The first-order valence-electron chi connectivity index (χ1n) is 9.65. The summed E-state index contributed by atoms with van der Waals surface area (Å²) in [6, 6.07) is 4.24. The summed E-state index contributed by atoms with van der Waals surface area (Å²) in [6.07, 6.45) is 9.09. The van der Waals surface area contributed by atoms with Crippen LogP contribution in [-0.4, -0.2) is 32.3 Å². The second-order valence-corrected chi connectivity index (χ2v) is 8.86. The molecule has 6 nitrogen and oxygen atoms in total. The van der Waals surface area contributed by atoms with E-state index in [0.717, 1.165) is 23.5 Å². The summed E-state index contributed by atoms with van der Waals surface area (Å²) < 4.78 is 0. The number of imidazole rings is 1. The maximum atomic E-state index is 10.3. The van der Waals surface area contributed by atoms with Crippen molar-refractivity contribution in [1.29, 1.82) is 0 Å². The number of H-pyrrole nitrogens is 1. The number of nitrogens with zero attached hydrogens (tertiary/aromatic N) is 3. The van der Waals surface area contributed by atoms with Gasteiger partial charge >= 0.3 is 0 Å². The van der Waals surface area contributed by atoms with Gasteiger partial charge in [-0.15, -0.1) is 0 Å². The number of aromatic nitrogens is 3. The summed E-state index contributed by atoms with van der Waals surface area (Å²) in [4.78, 5) is 16.1. The fraction of sp³-hybridized carbons (Fsp3) is 0.476. The Morgan fingerprint density at radius 1 is 1.33 bits per heavy atom. The van der Waals surface area contributed by atoms with Crippen LogP contribution >= 0.6 is 0 Å².